The molecule has 5 nitrogen and oxygen atoms in total. The van der Waals surface area contributed by atoms with E-state index in [1.165, 1.54) is 38.5 Å². The summed E-state index contributed by atoms with van der Waals surface area (Å²) in [5.41, 5.74) is 0.520. The Balaban J connectivity index is 1.34. The van der Waals surface area contributed by atoms with Crippen LogP contribution in [0.25, 0.3) is 0 Å². The molecule has 4 unspecified atom stereocenters. The van der Waals surface area contributed by atoms with Crippen LogP contribution in [0.5, 0.6) is 5.75 Å². The van der Waals surface area contributed by atoms with Gasteiger partial charge in [0.2, 0.25) is 0 Å². The van der Waals surface area contributed by atoms with Gasteiger partial charge in [-0.25, -0.2) is 0 Å². The van der Waals surface area contributed by atoms with Crippen molar-refractivity contribution in [1.29, 1.82) is 0 Å². The van der Waals surface area contributed by atoms with Gasteiger partial charge < -0.3 is 15.0 Å². The van der Waals surface area contributed by atoms with E-state index in [9.17, 15) is 9.59 Å². The van der Waals surface area contributed by atoms with Crippen molar-refractivity contribution in [3.8, 4) is 5.75 Å². The lowest BCUT2D eigenvalue weighted by molar-refractivity contribution is -0.133. The molecule has 158 valence electrons. The van der Waals surface area contributed by atoms with E-state index in [0.29, 0.717) is 17.2 Å². The first-order chi connectivity index (χ1) is 14.1. The number of amides is 2. The number of para-hydroxylation sites is 1. The van der Waals surface area contributed by atoms with Gasteiger partial charge in [-0.15, -0.1) is 0 Å². The van der Waals surface area contributed by atoms with Gasteiger partial charge in [-0.1, -0.05) is 31.4 Å². The lowest BCUT2D eigenvalue weighted by atomic mass is 9.84. The molecule has 1 aromatic carbocycles. The molecule has 2 saturated carbocycles. The van der Waals surface area contributed by atoms with Crippen LogP contribution in [0.1, 0.15) is 68.6 Å². The van der Waals surface area contributed by atoms with Gasteiger partial charge >= 0.3 is 0 Å². The number of carbonyl (C=O) groups is 2. The molecule has 29 heavy (non-hydrogen) atoms. The lowest BCUT2D eigenvalue weighted by Crippen LogP contribution is -2.40. The highest BCUT2D eigenvalue weighted by Crippen LogP contribution is 2.49. The van der Waals surface area contributed by atoms with E-state index < -0.39 is 0 Å². The summed E-state index contributed by atoms with van der Waals surface area (Å²) in [7, 11) is 0. The summed E-state index contributed by atoms with van der Waals surface area (Å²) in [6, 6.07) is 7.44. The third-order valence-electron chi connectivity index (χ3n) is 7.24. The van der Waals surface area contributed by atoms with Gasteiger partial charge in [-0.05, 0) is 68.9 Å². The normalized spacial score (nSPS) is 27.3. The van der Waals surface area contributed by atoms with Crippen LogP contribution in [0.2, 0.25) is 0 Å². The van der Waals surface area contributed by atoms with E-state index in [1.807, 2.05) is 17.0 Å². The first kappa shape index (κ1) is 20.2. The van der Waals surface area contributed by atoms with Crippen molar-refractivity contribution in [3.05, 3.63) is 29.8 Å². The molecule has 2 amide bonds. The molecule has 2 aliphatic carbocycles. The maximum absolute atomic E-state index is 12.9. The third kappa shape index (κ3) is 4.76. The molecule has 3 fully saturated rings. The minimum atomic E-state index is -0.0990. The molecule has 4 atom stereocenters. The van der Waals surface area contributed by atoms with Crippen molar-refractivity contribution in [1.82, 2.24) is 10.2 Å². The highest BCUT2D eigenvalue weighted by atomic mass is 16.5. The molecule has 1 N–H and O–H groups in total. The van der Waals surface area contributed by atoms with Crippen LogP contribution in [-0.2, 0) is 4.79 Å². The number of ether oxygens (including phenoxy) is 1. The van der Waals surface area contributed by atoms with Crippen molar-refractivity contribution in [2.45, 2.75) is 64.3 Å². The van der Waals surface area contributed by atoms with Crippen molar-refractivity contribution in [2.75, 3.05) is 19.7 Å². The Morgan fingerprint density at radius 3 is 2.55 bits per heavy atom. The SMILES string of the molecule is CC(NC(=O)c1ccccc1OCC(=O)N1CCCCCC1)C1CC2CCC1C2. The van der Waals surface area contributed by atoms with E-state index in [1.54, 1.807) is 12.1 Å². The van der Waals surface area contributed by atoms with Gasteiger partial charge in [-0.3, -0.25) is 9.59 Å². The minimum Gasteiger partial charge on any atom is -0.483 e. The smallest absolute Gasteiger partial charge is 0.260 e. The maximum Gasteiger partial charge on any atom is 0.260 e. The highest BCUT2D eigenvalue weighted by Gasteiger charge is 2.42. The number of fused-ring (bicyclic) bond motifs is 2. The van der Waals surface area contributed by atoms with E-state index >= 15 is 0 Å². The quantitative estimate of drug-likeness (QED) is 0.787. The molecule has 5 heteroatoms. The molecule has 1 saturated heterocycles. The fourth-order valence-electron chi connectivity index (χ4n) is 5.63. The lowest BCUT2D eigenvalue weighted by Gasteiger charge is -2.28. The molecule has 3 aliphatic rings. The topological polar surface area (TPSA) is 58.6 Å². The number of nitrogens with zero attached hydrogens (tertiary/aromatic N) is 1. The Labute approximate surface area is 174 Å². The van der Waals surface area contributed by atoms with Crippen LogP contribution in [0.15, 0.2) is 24.3 Å². The standard InChI is InChI=1S/C24H34N2O3/c1-17(21-15-18-10-11-19(21)14-18)25-24(28)20-8-4-5-9-22(20)29-16-23(27)26-12-6-2-3-7-13-26/h4-5,8-9,17-19,21H,2-3,6-7,10-16H2,1H3,(H,25,28). The van der Waals surface area contributed by atoms with Gasteiger partial charge in [0.05, 0.1) is 5.56 Å². The zero-order chi connectivity index (χ0) is 20.2. The summed E-state index contributed by atoms with van der Waals surface area (Å²) in [4.78, 5) is 27.4. The average Bonchev–Trinajstić information content (AvgIpc) is 3.26. The molecule has 2 bridgehead atoms. The molecule has 1 aromatic rings. The zero-order valence-electron chi connectivity index (χ0n) is 17.6. The summed E-state index contributed by atoms with van der Waals surface area (Å²) in [5.74, 6) is 2.64. The number of likely N-dealkylation sites (tertiary alicyclic amines) is 1. The Kier molecular flexibility index (Phi) is 6.41. The van der Waals surface area contributed by atoms with Crippen LogP contribution < -0.4 is 10.1 Å². The molecular weight excluding hydrogens is 364 g/mol. The summed E-state index contributed by atoms with van der Waals surface area (Å²) in [6.45, 7) is 3.75. The monoisotopic (exact) mass is 398 g/mol. The number of rotatable bonds is 6. The fraction of sp³-hybridized carbons (Fsp3) is 0.667. The predicted octanol–water partition coefficient (Wildman–Crippen LogP) is 4.02. The van der Waals surface area contributed by atoms with Crippen LogP contribution >= 0.6 is 0 Å². The fourth-order valence-corrected chi connectivity index (χ4v) is 5.63. The second-order valence-electron chi connectivity index (χ2n) is 9.18. The van der Waals surface area contributed by atoms with Gasteiger partial charge in [0, 0.05) is 19.1 Å². The van der Waals surface area contributed by atoms with Crippen LogP contribution in [0.4, 0.5) is 0 Å². The van der Waals surface area contributed by atoms with E-state index in [0.717, 1.165) is 37.8 Å². The third-order valence-corrected chi connectivity index (χ3v) is 7.24. The maximum atomic E-state index is 12.9. The summed E-state index contributed by atoms with van der Waals surface area (Å²) >= 11 is 0. The Morgan fingerprint density at radius 1 is 1.10 bits per heavy atom. The van der Waals surface area contributed by atoms with Gasteiger partial charge in [-0.2, -0.15) is 0 Å². The molecule has 1 aliphatic heterocycles. The van der Waals surface area contributed by atoms with Crippen LogP contribution in [-0.4, -0.2) is 42.5 Å². The largest absolute Gasteiger partial charge is 0.483 e. The first-order valence-electron chi connectivity index (χ1n) is 11.4. The Hall–Kier alpha value is -2.04. The van der Waals surface area contributed by atoms with Crippen LogP contribution in [0, 0.1) is 17.8 Å². The molecule has 0 aromatic heterocycles. The van der Waals surface area contributed by atoms with E-state index in [-0.39, 0.29) is 24.5 Å². The number of benzene rings is 1. The Morgan fingerprint density at radius 2 is 1.86 bits per heavy atom. The molecule has 0 spiro atoms. The predicted molar refractivity (Wildman–Crippen MR) is 113 cm³/mol. The van der Waals surface area contributed by atoms with E-state index in [2.05, 4.69) is 12.2 Å². The van der Waals surface area contributed by atoms with Crippen molar-refractivity contribution in [3.63, 3.8) is 0 Å². The minimum absolute atomic E-state index is 0.00771. The molecular formula is C24H34N2O3. The number of carbonyl (C=O) groups excluding carboxylic acids is 2. The van der Waals surface area contributed by atoms with Gasteiger partial charge in [0.25, 0.3) is 11.8 Å². The molecule has 1 heterocycles. The van der Waals surface area contributed by atoms with Crippen molar-refractivity contribution in [2.24, 2.45) is 17.8 Å². The Bertz CT molecular complexity index is 727. The van der Waals surface area contributed by atoms with Crippen molar-refractivity contribution >= 4 is 11.8 Å². The summed E-state index contributed by atoms with van der Waals surface area (Å²) in [5, 5.41) is 3.21. The number of hydrogen-bond acceptors (Lipinski definition) is 3. The van der Waals surface area contributed by atoms with Crippen LogP contribution in [0.3, 0.4) is 0 Å². The number of nitrogens with one attached hydrogen (secondary N) is 1. The highest BCUT2D eigenvalue weighted by molar-refractivity contribution is 5.97. The zero-order valence-corrected chi connectivity index (χ0v) is 17.6. The second-order valence-corrected chi connectivity index (χ2v) is 9.18. The molecule has 0 radical (unpaired) electrons. The summed E-state index contributed by atoms with van der Waals surface area (Å²) in [6.07, 6.45) is 9.76. The van der Waals surface area contributed by atoms with Gasteiger partial charge in [0.15, 0.2) is 6.61 Å². The summed E-state index contributed by atoms with van der Waals surface area (Å²) < 4.78 is 5.82. The van der Waals surface area contributed by atoms with Crippen molar-refractivity contribution < 1.29 is 14.3 Å². The number of hydrogen-bond donors (Lipinski definition) is 1. The van der Waals surface area contributed by atoms with E-state index in [4.69, 9.17) is 4.74 Å². The molecule has 4 rings (SSSR count). The first-order valence-corrected chi connectivity index (χ1v) is 11.4. The van der Waals surface area contributed by atoms with Gasteiger partial charge in [0.1, 0.15) is 5.75 Å². The average molecular weight is 399 g/mol. The second kappa shape index (κ2) is 9.19.